The fourth-order valence-corrected chi connectivity index (χ4v) is 4.04. The van der Waals surface area contributed by atoms with Gasteiger partial charge in [0, 0.05) is 25.1 Å². The minimum atomic E-state index is -0.395. The third-order valence-electron chi connectivity index (χ3n) is 5.38. The smallest absolute Gasteiger partial charge is 0.254 e. The Labute approximate surface area is 204 Å². The second kappa shape index (κ2) is 10.8. The van der Waals surface area contributed by atoms with Crippen molar-refractivity contribution in [1.29, 1.82) is 0 Å². The number of para-hydroxylation sites is 2. The number of hydrogen-bond acceptors (Lipinski definition) is 5. The molecule has 1 heterocycles. The van der Waals surface area contributed by atoms with Crippen LogP contribution in [0.4, 0.5) is 11.4 Å². The van der Waals surface area contributed by atoms with Crippen molar-refractivity contribution in [2.24, 2.45) is 5.92 Å². The molecule has 2 aromatic rings. The van der Waals surface area contributed by atoms with Crippen LogP contribution in [0.5, 0.6) is 11.5 Å². The molecule has 182 valence electrons. The molecule has 0 saturated carbocycles. The molecule has 1 aliphatic heterocycles. The zero-order valence-electron chi connectivity index (χ0n) is 20.1. The largest absolute Gasteiger partial charge is 0.493 e. The van der Waals surface area contributed by atoms with Crippen LogP contribution in [0.25, 0.3) is 0 Å². The molecule has 0 bridgehead atoms. The molecule has 3 amide bonds. The molecule has 34 heavy (non-hydrogen) atoms. The molecule has 0 radical (unpaired) electrons. The van der Waals surface area contributed by atoms with Crippen molar-refractivity contribution in [3.63, 3.8) is 0 Å². The Kier molecular flexibility index (Phi) is 8.04. The zero-order valence-corrected chi connectivity index (χ0v) is 20.8. The van der Waals surface area contributed by atoms with Gasteiger partial charge in [0.15, 0.2) is 11.5 Å². The Morgan fingerprint density at radius 1 is 1.26 bits per heavy atom. The van der Waals surface area contributed by atoms with Crippen LogP contribution in [-0.4, -0.2) is 56.0 Å². The highest BCUT2D eigenvalue weighted by molar-refractivity contribution is 6.32. The van der Waals surface area contributed by atoms with Gasteiger partial charge in [-0.3, -0.25) is 14.4 Å². The number of methoxy groups -OCH3 is 1. The number of nitrogens with one attached hydrogen (secondary N) is 1. The van der Waals surface area contributed by atoms with E-state index in [1.54, 1.807) is 42.3 Å². The Morgan fingerprint density at radius 2 is 1.97 bits per heavy atom. The number of rotatable bonds is 7. The predicted molar refractivity (Wildman–Crippen MR) is 132 cm³/mol. The van der Waals surface area contributed by atoms with E-state index in [1.165, 1.54) is 18.1 Å². The maximum Gasteiger partial charge on any atom is 0.254 e. The SMILES string of the molecule is COc1cc(C(=O)N(C)CC(=O)N2c3ccccc3NC(=O)C[C@@H]2C)cc(Cl)c1OCC(C)C. The molecule has 9 heteroatoms. The monoisotopic (exact) mass is 487 g/mol. The highest BCUT2D eigenvalue weighted by atomic mass is 35.5. The summed E-state index contributed by atoms with van der Waals surface area (Å²) < 4.78 is 11.1. The summed E-state index contributed by atoms with van der Waals surface area (Å²) in [6.45, 7) is 6.10. The number of nitrogens with zero attached hydrogens (tertiary/aromatic N) is 2. The van der Waals surface area contributed by atoms with Gasteiger partial charge in [-0.25, -0.2) is 0 Å². The summed E-state index contributed by atoms with van der Waals surface area (Å²) in [6.07, 6.45) is 0.155. The Balaban J connectivity index is 1.81. The van der Waals surface area contributed by atoms with Gasteiger partial charge < -0.3 is 24.6 Å². The second-order valence-electron chi connectivity index (χ2n) is 8.74. The van der Waals surface area contributed by atoms with Crippen molar-refractivity contribution in [1.82, 2.24) is 4.90 Å². The van der Waals surface area contributed by atoms with Crippen molar-refractivity contribution >= 4 is 40.7 Å². The lowest BCUT2D eigenvalue weighted by atomic mass is 10.1. The highest BCUT2D eigenvalue weighted by Crippen LogP contribution is 2.37. The summed E-state index contributed by atoms with van der Waals surface area (Å²) in [4.78, 5) is 41.5. The molecular weight excluding hydrogens is 458 g/mol. The number of fused-ring (bicyclic) bond motifs is 1. The molecule has 1 aliphatic rings. The second-order valence-corrected chi connectivity index (χ2v) is 9.14. The van der Waals surface area contributed by atoms with E-state index in [2.05, 4.69) is 5.32 Å². The van der Waals surface area contributed by atoms with E-state index in [0.717, 1.165) is 0 Å². The molecule has 2 aromatic carbocycles. The normalized spacial score (nSPS) is 15.3. The van der Waals surface area contributed by atoms with Crippen molar-refractivity contribution in [3.8, 4) is 11.5 Å². The van der Waals surface area contributed by atoms with Crippen LogP contribution >= 0.6 is 11.6 Å². The van der Waals surface area contributed by atoms with Crippen molar-refractivity contribution in [2.45, 2.75) is 33.2 Å². The molecular formula is C25H30ClN3O5. The lowest BCUT2D eigenvalue weighted by Gasteiger charge is -2.30. The molecule has 0 aliphatic carbocycles. The minimum Gasteiger partial charge on any atom is -0.493 e. The van der Waals surface area contributed by atoms with Gasteiger partial charge in [-0.05, 0) is 37.1 Å². The zero-order chi connectivity index (χ0) is 25.0. The third kappa shape index (κ3) is 5.62. The van der Waals surface area contributed by atoms with Gasteiger partial charge in [-0.2, -0.15) is 0 Å². The lowest BCUT2D eigenvalue weighted by molar-refractivity contribution is -0.119. The molecule has 0 fully saturated rings. The van der Waals surface area contributed by atoms with E-state index in [1.807, 2.05) is 20.8 Å². The van der Waals surface area contributed by atoms with Gasteiger partial charge in [0.2, 0.25) is 11.8 Å². The standard InChI is InChI=1S/C25H30ClN3O5/c1-15(2)14-34-24-18(26)11-17(12-21(24)33-5)25(32)28(4)13-23(31)29-16(3)10-22(30)27-19-8-6-7-9-20(19)29/h6-9,11-12,15-16H,10,13-14H2,1-5H3,(H,27,30)/t16-/m0/s1. The van der Waals surface area contributed by atoms with Crippen LogP contribution in [0, 0.1) is 5.92 Å². The number of carbonyl (C=O) groups is 3. The first-order valence-electron chi connectivity index (χ1n) is 11.1. The van der Waals surface area contributed by atoms with Gasteiger partial charge in [0.25, 0.3) is 5.91 Å². The third-order valence-corrected chi connectivity index (χ3v) is 5.67. The maximum atomic E-state index is 13.3. The molecule has 0 aromatic heterocycles. The van der Waals surface area contributed by atoms with E-state index in [0.29, 0.717) is 29.5 Å². The summed E-state index contributed by atoms with van der Waals surface area (Å²) in [6, 6.07) is 9.81. The van der Waals surface area contributed by atoms with Gasteiger partial charge >= 0.3 is 0 Å². The van der Waals surface area contributed by atoms with E-state index in [4.69, 9.17) is 21.1 Å². The van der Waals surface area contributed by atoms with Crippen LogP contribution < -0.4 is 19.7 Å². The topological polar surface area (TPSA) is 88.2 Å². The molecule has 0 unspecified atom stereocenters. The summed E-state index contributed by atoms with van der Waals surface area (Å²) in [5, 5.41) is 3.08. The van der Waals surface area contributed by atoms with Crippen LogP contribution in [-0.2, 0) is 9.59 Å². The van der Waals surface area contributed by atoms with E-state index >= 15 is 0 Å². The molecule has 3 rings (SSSR count). The van der Waals surface area contributed by atoms with Crippen molar-refractivity contribution in [3.05, 3.63) is 47.0 Å². The van der Waals surface area contributed by atoms with Crippen LogP contribution in [0.15, 0.2) is 36.4 Å². The number of anilines is 2. The van der Waals surface area contributed by atoms with Gasteiger partial charge in [-0.1, -0.05) is 37.6 Å². The van der Waals surface area contributed by atoms with E-state index < -0.39 is 5.91 Å². The van der Waals surface area contributed by atoms with Gasteiger partial charge in [0.1, 0.15) is 6.54 Å². The summed E-state index contributed by atoms with van der Waals surface area (Å²) >= 11 is 6.39. The van der Waals surface area contributed by atoms with Crippen LogP contribution in [0.1, 0.15) is 37.6 Å². The van der Waals surface area contributed by atoms with E-state index in [-0.39, 0.29) is 47.3 Å². The predicted octanol–water partition coefficient (Wildman–Crippen LogP) is 4.22. The summed E-state index contributed by atoms with van der Waals surface area (Å²) in [7, 11) is 3.02. The first-order valence-corrected chi connectivity index (χ1v) is 11.5. The van der Waals surface area contributed by atoms with Crippen molar-refractivity contribution < 1.29 is 23.9 Å². The number of amides is 3. The number of halogens is 1. The van der Waals surface area contributed by atoms with Gasteiger partial charge in [0.05, 0.1) is 30.1 Å². The minimum absolute atomic E-state index is 0.155. The van der Waals surface area contributed by atoms with Crippen LogP contribution in [0.2, 0.25) is 5.02 Å². The summed E-state index contributed by atoms with van der Waals surface area (Å²) in [5.41, 5.74) is 1.44. The summed E-state index contributed by atoms with van der Waals surface area (Å²) in [5.74, 6) is 0.143. The number of likely N-dealkylation sites (N-methyl/N-ethyl adjacent to an activating group) is 1. The first kappa shape index (κ1) is 25.4. The Bertz CT molecular complexity index is 1090. The first-order chi connectivity index (χ1) is 16.1. The average molecular weight is 488 g/mol. The van der Waals surface area contributed by atoms with E-state index in [9.17, 15) is 14.4 Å². The Hall–Kier alpha value is -3.26. The average Bonchev–Trinajstić information content (AvgIpc) is 2.90. The number of carbonyl (C=O) groups excluding carboxylic acids is 3. The Morgan fingerprint density at radius 3 is 2.65 bits per heavy atom. The number of hydrogen-bond donors (Lipinski definition) is 1. The number of ether oxygens (including phenoxy) is 2. The lowest BCUT2D eigenvalue weighted by Crippen LogP contribution is -2.45. The molecule has 1 atom stereocenters. The van der Waals surface area contributed by atoms with Crippen LogP contribution in [0.3, 0.4) is 0 Å². The number of benzene rings is 2. The van der Waals surface area contributed by atoms with Gasteiger partial charge in [-0.15, -0.1) is 0 Å². The fourth-order valence-electron chi connectivity index (χ4n) is 3.77. The molecule has 1 N–H and O–H groups in total. The highest BCUT2D eigenvalue weighted by Gasteiger charge is 2.31. The van der Waals surface area contributed by atoms with Crippen molar-refractivity contribution in [2.75, 3.05) is 37.5 Å². The molecule has 0 saturated heterocycles. The molecule has 8 nitrogen and oxygen atoms in total. The maximum absolute atomic E-state index is 13.3. The fraction of sp³-hybridized carbons (Fsp3) is 0.400. The quantitative estimate of drug-likeness (QED) is 0.631. The molecule has 0 spiro atoms.